The van der Waals surface area contributed by atoms with Crippen LogP contribution < -0.4 is 5.32 Å². The monoisotopic (exact) mass is 388 g/mol. The molecule has 1 spiro atoms. The number of carbonyl (C=O) groups is 3. The minimum atomic E-state index is -0.684. The summed E-state index contributed by atoms with van der Waals surface area (Å²) in [5.74, 6) is 0.0618. The van der Waals surface area contributed by atoms with E-state index in [9.17, 15) is 14.4 Å². The summed E-state index contributed by atoms with van der Waals surface area (Å²) in [5.41, 5.74) is 3.36. The van der Waals surface area contributed by atoms with Gasteiger partial charge in [-0.3, -0.25) is 14.4 Å². The van der Waals surface area contributed by atoms with E-state index in [1.165, 1.54) is 0 Å². The summed E-state index contributed by atoms with van der Waals surface area (Å²) >= 11 is 0. The highest BCUT2D eigenvalue weighted by Crippen LogP contribution is 2.49. The molecule has 1 saturated heterocycles. The third kappa shape index (κ3) is 2.43. The fraction of sp³-hybridized carbons (Fsp3) is 0.375. The fourth-order valence-corrected chi connectivity index (χ4v) is 5.57. The Morgan fingerprint density at radius 2 is 1.97 bits per heavy atom. The smallest absolute Gasteiger partial charge is 0.254 e. The van der Waals surface area contributed by atoms with Crippen LogP contribution in [0.4, 0.5) is 5.69 Å². The molecular weight excluding hydrogens is 364 g/mol. The van der Waals surface area contributed by atoms with Gasteiger partial charge in [-0.2, -0.15) is 0 Å². The number of benzene rings is 2. The van der Waals surface area contributed by atoms with Gasteiger partial charge in [0.1, 0.15) is 0 Å². The third-order valence-electron chi connectivity index (χ3n) is 6.89. The van der Waals surface area contributed by atoms with Crippen molar-refractivity contribution in [1.82, 2.24) is 4.90 Å². The molecule has 0 saturated carbocycles. The number of nitrogens with zero attached hydrogens (tertiary/aromatic N) is 1. The van der Waals surface area contributed by atoms with E-state index >= 15 is 0 Å². The first kappa shape index (κ1) is 18.1. The minimum absolute atomic E-state index is 0.000850. The average molecular weight is 388 g/mol. The number of likely N-dealkylation sites (tertiary alicyclic amines) is 1. The Hall–Kier alpha value is -2.95. The molecule has 3 aliphatic rings. The highest BCUT2D eigenvalue weighted by molar-refractivity contribution is 6.09. The quantitative estimate of drug-likeness (QED) is 0.871. The third-order valence-corrected chi connectivity index (χ3v) is 6.89. The van der Waals surface area contributed by atoms with Crippen molar-refractivity contribution in [1.29, 1.82) is 0 Å². The molecule has 5 nitrogen and oxygen atoms in total. The van der Waals surface area contributed by atoms with Crippen molar-refractivity contribution in [2.24, 2.45) is 0 Å². The normalized spacial score (nSPS) is 24.7. The zero-order valence-corrected chi connectivity index (χ0v) is 16.5. The van der Waals surface area contributed by atoms with Crippen molar-refractivity contribution in [3.8, 4) is 0 Å². The summed E-state index contributed by atoms with van der Waals surface area (Å²) in [7, 11) is 0. The number of fused-ring (bicyclic) bond motifs is 3. The number of para-hydroxylation sites is 1. The topological polar surface area (TPSA) is 66.5 Å². The van der Waals surface area contributed by atoms with Crippen molar-refractivity contribution in [2.45, 2.75) is 50.5 Å². The van der Waals surface area contributed by atoms with E-state index in [0.717, 1.165) is 29.7 Å². The molecule has 0 bridgehead atoms. The summed E-state index contributed by atoms with van der Waals surface area (Å²) in [4.78, 5) is 40.8. The number of ketones is 1. The maximum Gasteiger partial charge on any atom is 0.254 e. The van der Waals surface area contributed by atoms with Gasteiger partial charge in [-0.25, -0.2) is 0 Å². The lowest BCUT2D eigenvalue weighted by Crippen LogP contribution is -2.48. The van der Waals surface area contributed by atoms with E-state index in [4.69, 9.17) is 0 Å². The SMILES string of the molecule is CCC[C@@H]1N(C(=O)c2cccc3c2CCC3=O)CC[C@]12C(=O)Nc1ccccc12. The molecule has 2 atom stereocenters. The number of carbonyl (C=O) groups excluding carboxylic acids is 3. The highest BCUT2D eigenvalue weighted by atomic mass is 16.2. The van der Waals surface area contributed by atoms with Crippen LogP contribution in [0.3, 0.4) is 0 Å². The number of hydrogen-bond acceptors (Lipinski definition) is 3. The summed E-state index contributed by atoms with van der Waals surface area (Å²) in [5, 5.41) is 3.04. The van der Waals surface area contributed by atoms with Crippen molar-refractivity contribution >= 4 is 23.3 Å². The van der Waals surface area contributed by atoms with Gasteiger partial charge < -0.3 is 10.2 Å². The lowest BCUT2D eigenvalue weighted by molar-refractivity contribution is -0.121. The first-order valence-electron chi connectivity index (χ1n) is 10.4. The molecule has 0 radical (unpaired) electrons. The second-order valence-electron chi connectivity index (χ2n) is 8.28. The first-order chi connectivity index (χ1) is 14.1. The van der Waals surface area contributed by atoms with Gasteiger partial charge in [0.15, 0.2) is 5.78 Å². The van der Waals surface area contributed by atoms with Crippen LogP contribution in [0.5, 0.6) is 0 Å². The Morgan fingerprint density at radius 1 is 1.14 bits per heavy atom. The minimum Gasteiger partial charge on any atom is -0.334 e. The Labute approximate surface area is 170 Å². The Balaban J connectivity index is 1.57. The van der Waals surface area contributed by atoms with Crippen LogP contribution in [-0.2, 0) is 16.6 Å². The number of anilines is 1. The predicted molar refractivity (Wildman–Crippen MR) is 110 cm³/mol. The molecule has 148 valence electrons. The van der Waals surface area contributed by atoms with Gasteiger partial charge in [-0.1, -0.05) is 43.7 Å². The Kier molecular flexibility index (Phi) is 4.09. The maximum absolute atomic E-state index is 13.6. The van der Waals surface area contributed by atoms with Gasteiger partial charge in [0.2, 0.25) is 5.91 Å². The molecule has 0 unspecified atom stereocenters. The van der Waals surface area contributed by atoms with E-state index in [0.29, 0.717) is 36.9 Å². The van der Waals surface area contributed by atoms with Gasteiger partial charge in [-0.15, -0.1) is 0 Å². The van der Waals surface area contributed by atoms with Crippen molar-refractivity contribution in [3.05, 3.63) is 64.7 Å². The van der Waals surface area contributed by atoms with Crippen LogP contribution in [0.2, 0.25) is 0 Å². The van der Waals surface area contributed by atoms with E-state index in [-0.39, 0.29) is 23.6 Å². The van der Waals surface area contributed by atoms with Crippen LogP contribution in [0.1, 0.15) is 64.4 Å². The van der Waals surface area contributed by atoms with Crippen LogP contribution in [-0.4, -0.2) is 35.1 Å². The van der Waals surface area contributed by atoms with E-state index in [2.05, 4.69) is 12.2 Å². The van der Waals surface area contributed by atoms with E-state index < -0.39 is 5.41 Å². The first-order valence-corrected chi connectivity index (χ1v) is 10.4. The molecular formula is C24H24N2O3. The summed E-state index contributed by atoms with van der Waals surface area (Å²) < 4.78 is 0. The van der Waals surface area contributed by atoms with Gasteiger partial charge in [0, 0.05) is 29.8 Å². The molecule has 0 aromatic heterocycles. The maximum atomic E-state index is 13.6. The molecule has 5 rings (SSSR count). The average Bonchev–Trinajstić information content (AvgIpc) is 3.38. The van der Waals surface area contributed by atoms with Gasteiger partial charge in [-0.05, 0) is 42.5 Å². The zero-order valence-electron chi connectivity index (χ0n) is 16.5. The predicted octanol–water partition coefficient (Wildman–Crippen LogP) is 3.72. The molecule has 1 aliphatic carbocycles. The molecule has 2 aliphatic heterocycles. The number of Topliss-reactive ketones (excluding diaryl/α,β-unsaturated/α-hetero) is 1. The highest BCUT2D eigenvalue weighted by Gasteiger charge is 2.58. The number of amides is 2. The summed E-state index contributed by atoms with van der Waals surface area (Å²) in [6.07, 6.45) is 3.37. The fourth-order valence-electron chi connectivity index (χ4n) is 5.57. The molecule has 2 heterocycles. The van der Waals surface area contributed by atoms with Crippen LogP contribution in [0.25, 0.3) is 0 Å². The van der Waals surface area contributed by atoms with Crippen LogP contribution in [0, 0.1) is 0 Å². The van der Waals surface area contributed by atoms with Crippen LogP contribution in [0.15, 0.2) is 42.5 Å². The lowest BCUT2D eigenvalue weighted by Gasteiger charge is -2.34. The Bertz CT molecular complexity index is 1040. The van der Waals surface area contributed by atoms with E-state index in [1.54, 1.807) is 6.07 Å². The molecule has 29 heavy (non-hydrogen) atoms. The van der Waals surface area contributed by atoms with Crippen molar-refractivity contribution in [3.63, 3.8) is 0 Å². The lowest BCUT2D eigenvalue weighted by atomic mass is 9.73. The Morgan fingerprint density at radius 3 is 2.79 bits per heavy atom. The molecule has 5 heteroatoms. The molecule has 2 aromatic carbocycles. The molecule has 2 amide bonds. The molecule has 2 aromatic rings. The van der Waals surface area contributed by atoms with Gasteiger partial charge in [0.05, 0.1) is 11.5 Å². The second kappa shape index (κ2) is 6.55. The number of hydrogen-bond donors (Lipinski definition) is 1. The van der Waals surface area contributed by atoms with Crippen molar-refractivity contribution in [2.75, 3.05) is 11.9 Å². The summed E-state index contributed by atoms with van der Waals surface area (Å²) in [6, 6.07) is 13.1. The second-order valence-corrected chi connectivity index (χ2v) is 8.28. The molecule has 1 N–H and O–H groups in total. The zero-order chi connectivity index (χ0) is 20.2. The number of nitrogens with one attached hydrogen (secondary N) is 1. The van der Waals surface area contributed by atoms with Gasteiger partial charge >= 0.3 is 0 Å². The standard InChI is InChI=1S/C24H24N2O3/c1-2-6-21-24(18-9-3-4-10-19(18)25-23(24)29)13-14-26(21)22(28)17-8-5-7-16-15(17)11-12-20(16)27/h3-5,7-10,21H,2,6,11-14H2,1H3,(H,25,29)/t21-,24+/m0/s1. The largest absolute Gasteiger partial charge is 0.334 e. The van der Waals surface area contributed by atoms with E-state index in [1.807, 2.05) is 41.3 Å². The van der Waals surface area contributed by atoms with Crippen molar-refractivity contribution < 1.29 is 14.4 Å². The summed E-state index contributed by atoms with van der Waals surface area (Å²) in [6.45, 7) is 2.63. The van der Waals surface area contributed by atoms with Gasteiger partial charge in [0.25, 0.3) is 5.91 Å². The number of rotatable bonds is 3. The van der Waals surface area contributed by atoms with Crippen LogP contribution >= 0.6 is 0 Å². The molecule has 1 fully saturated rings.